The number of ether oxygens (including phenoxy) is 1. The second-order valence-electron chi connectivity index (χ2n) is 8.85. The molecule has 1 aliphatic rings. The third-order valence-electron chi connectivity index (χ3n) is 6.10. The molecule has 1 saturated heterocycles. The largest absolute Gasteiger partial charge is 0.416 e. The SMILES string of the molecule is O=C(CN(c1cccc(C(F)(F)F)c1)S(=O)(=O)c1ccccc1)NCc1ccc(CN2CCOCC2)cc1. The molecule has 0 saturated carbocycles. The number of benzene rings is 3. The smallest absolute Gasteiger partial charge is 0.379 e. The number of rotatable bonds is 9. The molecule has 202 valence electrons. The first-order chi connectivity index (χ1) is 18.1. The second kappa shape index (κ2) is 12.0. The summed E-state index contributed by atoms with van der Waals surface area (Å²) in [6, 6.07) is 18.9. The van der Waals surface area contributed by atoms with E-state index >= 15 is 0 Å². The highest BCUT2D eigenvalue weighted by molar-refractivity contribution is 7.92. The molecule has 0 unspecified atom stereocenters. The number of hydrogen-bond donors (Lipinski definition) is 1. The number of carbonyl (C=O) groups excluding carboxylic acids is 1. The maximum Gasteiger partial charge on any atom is 0.416 e. The van der Waals surface area contributed by atoms with Crippen molar-refractivity contribution in [2.24, 2.45) is 0 Å². The van der Waals surface area contributed by atoms with Crippen LogP contribution in [0.5, 0.6) is 0 Å². The third kappa shape index (κ3) is 7.12. The van der Waals surface area contributed by atoms with E-state index in [9.17, 15) is 26.4 Å². The minimum atomic E-state index is -4.67. The van der Waals surface area contributed by atoms with Crippen LogP contribution < -0.4 is 9.62 Å². The summed E-state index contributed by atoms with van der Waals surface area (Å²) in [5.74, 6) is -0.653. The maximum absolute atomic E-state index is 13.4. The van der Waals surface area contributed by atoms with Crippen LogP contribution in [-0.4, -0.2) is 52.1 Å². The Balaban J connectivity index is 1.47. The van der Waals surface area contributed by atoms with Crippen molar-refractivity contribution in [2.75, 3.05) is 37.2 Å². The average Bonchev–Trinajstić information content (AvgIpc) is 2.92. The first-order valence-electron chi connectivity index (χ1n) is 12.0. The zero-order valence-electron chi connectivity index (χ0n) is 20.5. The zero-order chi connectivity index (χ0) is 27.2. The zero-order valence-corrected chi connectivity index (χ0v) is 21.3. The van der Waals surface area contributed by atoms with Crippen LogP contribution in [0.2, 0.25) is 0 Å². The second-order valence-corrected chi connectivity index (χ2v) is 10.7. The Morgan fingerprint density at radius 1 is 0.921 bits per heavy atom. The van der Waals surface area contributed by atoms with E-state index in [1.54, 1.807) is 6.07 Å². The molecule has 1 N–H and O–H groups in total. The van der Waals surface area contributed by atoms with E-state index < -0.39 is 34.2 Å². The fourth-order valence-corrected chi connectivity index (χ4v) is 5.47. The molecule has 3 aromatic rings. The van der Waals surface area contributed by atoms with Gasteiger partial charge in [0.1, 0.15) is 6.54 Å². The molecule has 7 nitrogen and oxygen atoms in total. The Morgan fingerprint density at radius 2 is 1.58 bits per heavy atom. The van der Waals surface area contributed by atoms with Gasteiger partial charge in [-0.05, 0) is 41.5 Å². The van der Waals surface area contributed by atoms with Crippen LogP contribution in [0.25, 0.3) is 0 Å². The number of alkyl halides is 3. The molecule has 0 bridgehead atoms. The number of anilines is 1. The molecular formula is C27H28F3N3O4S. The Kier molecular flexibility index (Phi) is 8.70. The van der Waals surface area contributed by atoms with Gasteiger partial charge in [-0.1, -0.05) is 48.5 Å². The molecule has 38 heavy (non-hydrogen) atoms. The predicted octanol–water partition coefficient (Wildman–Crippen LogP) is 4.05. The molecule has 0 radical (unpaired) electrons. The molecular weight excluding hydrogens is 519 g/mol. The first kappa shape index (κ1) is 27.6. The molecule has 1 aliphatic heterocycles. The Morgan fingerprint density at radius 3 is 2.24 bits per heavy atom. The minimum absolute atomic E-state index is 0.137. The number of sulfonamides is 1. The molecule has 4 rings (SSSR count). The third-order valence-corrected chi connectivity index (χ3v) is 7.89. The quantitative estimate of drug-likeness (QED) is 0.438. The van der Waals surface area contributed by atoms with Crippen molar-refractivity contribution in [1.29, 1.82) is 0 Å². The van der Waals surface area contributed by atoms with Gasteiger partial charge in [0, 0.05) is 26.2 Å². The van der Waals surface area contributed by atoms with Gasteiger partial charge in [-0.15, -0.1) is 0 Å². The van der Waals surface area contributed by atoms with Gasteiger partial charge in [0.05, 0.1) is 29.4 Å². The van der Waals surface area contributed by atoms with Gasteiger partial charge in [-0.3, -0.25) is 14.0 Å². The van der Waals surface area contributed by atoms with Crippen LogP contribution in [0.3, 0.4) is 0 Å². The van der Waals surface area contributed by atoms with E-state index in [1.165, 1.54) is 30.3 Å². The fraction of sp³-hybridized carbons (Fsp3) is 0.296. The summed E-state index contributed by atoms with van der Waals surface area (Å²) in [5, 5.41) is 2.67. The molecule has 0 aromatic heterocycles. The molecule has 11 heteroatoms. The van der Waals surface area contributed by atoms with E-state index in [2.05, 4.69) is 10.2 Å². The van der Waals surface area contributed by atoms with Gasteiger partial charge in [-0.25, -0.2) is 8.42 Å². The number of nitrogens with zero attached hydrogens (tertiary/aromatic N) is 2. The summed E-state index contributed by atoms with van der Waals surface area (Å²) in [4.78, 5) is 15.0. The lowest BCUT2D eigenvalue weighted by Gasteiger charge is -2.26. The van der Waals surface area contributed by atoms with Crippen LogP contribution in [0.4, 0.5) is 18.9 Å². The van der Waals surface area contributed by atoms with Gasteiger partial charge in [0.25, 0.3) is 10.0 Å². The van der Waals surface area contributed by atoms with Crippen molar-refractivity contribution in [1.82, 2.24) is 10.2 Å². The number of amides is 1. The van der Waals surface area contributed by atoms with E-state index in [4.69, 9.17) is 4.74 Å². The van der Waals surface area contributed by atoms with Gasteiger partial charge >= 0.3 is 6.18 Å². The monoisotopic (exact) mass is 547 g/mol. The molecule has 0 aliphatic carbocycles. The Hall–Kier alpha value is -3.41. The number of hydrogen-bond acceptors (Lipinski definition) is 5. The minimum Gasteiger partial charge on any atom is -0.379 e. The number of morpholine rings is 1. The predicted molar refractivity (Wildman–Crippen MR) is 137 cm³/mol. The average molecular weight is 548 g/mol. The molecule has 0 spiro atoms. The van der Waals surface area contributed by atoms with Crippen molar-refractivity contribution in [2.45, 2.75) is 24.2 Å². The summed E-state index contributed by atoms with van der Waals surface area (Å²) in [6.07, 6.45) is -4.67. The van der Waals surface area contributed by atoms with Crippen LogP contribution in [0.1, 0.15) is 16.7 Å². The summed E-state index contributed by atoms with van der Waals surface area (Å²) in [5.41, 5.74) is 0.652. The summed E-state index contributed by atoms with van der Waals surface area (Å²) in [7, 11) is -4.32. The highest BCUT2D eigenvalue weighted by Gasteiger charge is 2.33. The van der Waals surface area contributed by atoms with Crippen LogP contribution in [0.15, 0.2) is 83.8 Å². The summed E-state index contributed by atoms with van der Waals surface area (Å²) >= 11 is 0. The van der Waals surface area contributed by atoms with Crippen molar-refractivity contribution >= 4 is 21.6 Å². The van der Waals surface area contributed by atoms with Crippen LogP contribution in [-0.2, 0) is 38.8 Å². The number of nitrogens with one attached hydrogen (secondary N) is 1. The molecule has 0 atom stereocenters. The first-order valence-corrected chi connectivity index (χ1v) is 13.5. The van der Waals surface area contributed by atoms with Crippen LogP contribution >= 0.6 is 0 Å². The fourth-order valence-electron chi connectivity index (χ4n) is 4.04. The van der Waals surface area contributed by atoms with Crippen molar-refractivity contribution in [3.8, 4) is 0 Å². The number of carbonyl (C=O) groups is 1. The molecule has 1 heterocycles. The van der Waals surface area contributed by atoms with E-state index in [0.717, 1.165) is 49.0 Å². The highest BCUT2D eigenvalue weighted by atomic mass is 32.2. The van der Waals surface area contributed by atoms with Gasteiger partial charge in [0.2, 0.25) is 5.91 Å². The number of halogens is 3. The van der Waals surface area contributed by atoms with Gasteiger partial charge in [-0.2, -0.15) is 13.2 Å². The lowest BCUT2D eigenvalue weighted by atomic mass is 10.1. The van der Waals surface area contributed by atoms with Gasteiger partial charge in [0.15, 0.2) is 0 Å². The van der Waals surface area contributed by atoms with Gasteiger partial charge < -0.3 is 10.1 Å². The Labute approximate surface area is 219 Å². The van der Waals surface area contributed by atoms with E-state index in [-0.39, 0.29) is 17.1 Å². The topological polar surface area (TPSA) is 79.0 Å². The van der Waals surface area contributed by atoms with E-state index in [1.807, 2.05) is 24.3 Å². The normalized spacial score (nSPS) is 14.7. The molecule has 3 aromatic carbocycles. The summed E-state index contributed by atoms with van der Waals surface area (Å²) < 4.78 is 72.7. The van der Waals surface area contributed by atoms with Crippen molar-refractivity contribution in [3.05, 3.63) is 95.6 Å². The standard InChI is InChI=1S/C27H28F3N3O4S/c28-27(29,30)23-5-4-6-24(17-23)33(38(35,36)25-7-2-1-3-8-25)20-26(34)31-18-21-9-11-22(12-10-21)19-32-13-15-37-16-14-32/h1-12,17H,13-16,18-20H2,(H,31,34). The van der Waals surface area contributed by atoms with Crippen LogP contribution in [0, 0.1) is 0 Å². The maximum atomic E-state index is 13.4. The molecule has 1 fully saturated rings. The van der Waals surface area contributed by atoms with Crippen molar-refractivity contribution < 1.29 is 31.1 Å². The molecule has 1 amide bonds. The van der Waals surface area contributed by atoms with Crippen molar-refractivity contribution in [3.63, 3.8) is 0 Å². The summed E-state index contributed by atoms with van der Waals surface area (Å²) in [6.45, 7) is 3.40. The highest BCUT2D eigenvalue weighted by Crippen LogP contribution is 2.33. The lowest BCUT2D eigenvalue weighted by Crippen LogP contribution is -2.40. The lowest BCUT2D eigenvalue weighted by molar-refractivity contribution is -0.137. The Bertz CT molecular complexity index is 1330. The van der Waals surface area contributed by atoms with E-state index in [0.29, 0.717) is 17.5 Å².